The third-order valence-electron chi connectivity index (χ3n) is 1.64. The SMILES string of the molecule is BrCC1C=C2OC=COC2=CN1. The summed E-state index contributed by atoms with van der Waals surface area (Å²) < 4.78 is 10.4. The minimum atomic E-state index is 0.277. The van der Waals surface area contributed by atoms with Gasteiger partial charge in [-0.05, 0) is 6.08 Å². The van der Waals surface area contributed by atoms with Crippen molar-refractivity contribution in [2.24, 2.45) is 0 Å². The number of nitrogens with one attached hydrogen (secondary N) is 1. The van der Waals surface area contributed by atoms with Gasteiger partial charge in [0.1, 0.15) is 12.5 Å². The van der Waals surface area contributed by atoms with Gasteiger partial charge in [-0.3, -0.25) is 0 Å². The average molecular weight is 230 g/mol. The number of hydrogen-bond acceptors (Lipinski definition) is 3. The topological polar surface area (TPSA) is 30.5 Å². The monoisotopic (exact) mass is 229 g/mol. The Morgan fingerprint density at radius 3 is 2.83 bits per heavy atom. The normalized spacial score (nSPS) is 25.6. The lowest BCUT2D eigenvalue weighted by Gasteiger charge is -2.22. The first-order chi connectivity index (χ1) is 5.90. The van der Waals surface area contributed by atoms with Crippen LogP contribution in [0.1, 0.15) is 0 Å². The first kappa shape index (κ1) is 7.73. The van der Waals surface area contributed by atoms with E-state index in [9.17, 15) is 0 Å². The lowest BCUT2D eigenvalue weighted by Crippen LogP contribution is -2.28. The molecule has 0 fully saturated rings. The van der Waals surface area contributed by atoms with Crippen LogP contribution >= 0.6 is 15.9 Å². The molecule has 4 heteroatoms. The van der Waals surface area contributed by atoms with Gasteiger partial charge in [-0.15, -0.1) is 0 Å². The predicted molar refractivity (Wildman–Crippen MR) is 48.2 cm³/mol. The molecule has 0 aromatic rings. The summed E-state index contributed by atoms with van der Waals surface area (Å²) in [5, 5.41) is 4.00. The van der Waals surface area contributed by atoms with E-state index in [0.29, 0.717) is 0 Å². The van der Waals surface area contributed by atoms with E-state index in [1.54, 1.807) is 0 Å². The van der Waals surface area contributed by atoms with Crippen LogP contribution in [-0.4, -0.2) is 11.4 Å². The van der Waals surface area contributed by atoms with Crippen LogP contribution in [0.3, 0.4) is 0 Å². The Hall–Kier alpha value is -0.900. The van der Waals surface area contributed by atoms with E-state index in [1.165, 1.54) is 12.5 Å². The Morgan fingerprint density at radius 2 is 2.08 bits per heavy atom. The molecule has 1 atom stereocenters. The molecule has 64 valence electrons. The Kier molecular flexibility index (Phi) is 2.08. The summed E-state index contributed by atoms with van der Waals surface area (Å²) in [6.45, 7) is 0. The molecule has 3 nitrogen and oxygen atoms in total. The summed E-state index contributed by atoms with van der Waals surface area (Å²) in [5.74, 6) is 1.51. The van der Waals surface area contributed by atoms with Crippen LogP contribution in [0.5, 0.6) is 0 Å². The molecule has 1 N–H and O–H groups in total. The van der Waals surface area contributed by atoms with Crippen LogP contribution < -0.4 is 5.32 Å². The minimum absolute atomic E-state index is 0.277. The number of rotatable bonds is 1. The van der Waals surface area contributed by atoms with Crippen LogP contribution in [0.15, 0.2) is 36.3 Å². The van der Waals surface area contributed by atoms with E-state index < -0.39 is 0 Å². The Morgan fingerprint density at radius 1 is 1.33 bits per heavy atom. The maximum absolute atomic E-state index is 5.24. The van der Waals surface area contributed by atoms with Crippen LogP contribution in [0, 0.1) is 0 Å². The fraction of sp³-hybridized carbons (Fsp3) is 0.250. The first-order valence-corrected chi connectivity index (χ1v) is 4.75. The van der Waals surface area contributed by atoms with Crippen molar-refractivity contribution in [3.63, 3.8) is 0 Å². The summed E-state index contributed by atoms with van der Waals surface area (Å²) in [5.41, 5.74) is 0. The van der Waals surface area contributed by atoms with Crippen LogP contribution in [-0.2, 0) is 9.47 Å². The van der Waals surface area contributed by atoms with E-state index in [4.69, 9.17) is 9.47 Å². The van der Waals surface area contributed by atoms with Gasteiger partial charge in [-0.25, -0.2) is 0 Å². The van der Waals surface area contributed by atoms with Gasteiger partial charge in [-0.1, -0.05) is 15.9 Å². The molecular formula is C8H8BrNO2. The second kappa shape index (κ2) is 3.23. The Labute approximate surface area is 78.9 Å². The van der Waals surface area contributed by atoms with E-state index in [1.807, 2.05) is 12.3 Å². The summed E-state index contributed by atoms with van der Waals surface area (Å²) in [6, 6.07) is 0.277. The van der Waals surface area contributed by atoms with Gasteiger partial charge in [0.15, 0.2) is 11.5 Å². The molecule has 0 aromatic heterocycles. The molecule has 2 heterocycles. The highest BCUT2D eigenvalue weighted by Crippen LogP contribution is 2.21. The summed E-state index contributed by atoms with van der Waals surface area (Å²) in [4.78, 5) is 0. The van der Waals surface area contributed by atoms with E-state index in [0.717, 1.165) is 16.8 Å². The summed E-state index contributed by atoms with van der Waals surface area (Å²) >= 11 is 3.38. The molecule has 1 unspecified atom stereocenters. The summed E-state index contributed by atoms with van der Waals surface area (Å²) in [7, 11) is 0. The lowest BCUT2D eigenvalue weighted by molar-refractivity contribution is 0.218. The largest absolute Gasteiger partial charge is 0.458 e. The van der Waals surface area contributed by atoms with Crippen LogP contribution in [0.25, 0.3) is 0 Å². The Bertz CT molecular complexity index is 270. The van der Waals surface area contributed by atoms with Crippen LogP contribution in [0.2, 0.25) is 0 Å². The van der Waals surface area contributed by atoms with Crippen molar-refractivity contribution in [2.45, 2.75) is 6.04 Å². The smallest absolute Gasteiger partial charge is 0.184 e. The number of ether oxygens (including phenoxy) is 2. The zero-order valence-corrected chi connectivity index (χ0v) is 7.87. The van der Waals surface area contributed by atoms with E-state index in [-0.39, 0.29) is 6.04 Å². The van der Waals surface area contributed by atoms with Gasteiger partial charge in [0.05, 0.1) is 6.04 Å². The van der Waals surface area contributed by atoms with Crippen molar-refractivity contribution < 1.29 is 9.47 Å². The van der Waals surface area contributed by atoms with Gasteiger partial charge in [-0.2, -0.15) is 0 Å². The molecule has 0 radical (unpaired) electrons. The zero-order valence-electron chi connectivity index (χ0n) is 6.29. The number of hydrogen-bond donors (Lipinski definition) is 1. The number of alkyl halides is 1. The lowest BCUT2D eigenvalue weighted by atomic mass is 10.2. The molecule has 0 spiro atoms. The molecule has 2 aliphatic heterocycles. The van der Waals surface area contributed by atoms with Crippen molar-refractivity contribution in [1.82, 2.24) is 5.32 Å². The standard InChI is InChI=1S/C8H8BrNO2/c9-4-6-3-7-8(5-10-6)12-2-1-11-7/h1-3,5-6,10H,4H2. The average Bonchev–Trinajstić information content (AvgIpc) is 2.17. The maximum atomic E-state index is 5.24. The first-order valence-electron chi connectivity index (χ1n) is 3.63. The molecule has 12 heavy (non-hydrogen) atoms. The predicted octanol–water partition coefficient (Wildman–Crippen LogP) is 1.60. The molecule has 0 bridgehead atoms. The van der Waals surface area contributed by atoms with Gasteiger partial charge in [0.2, 0.25) is 0 Å². The van der Waals surface area contributed by atoms with Gasteiger partial charge in [0, 0.05) is 11.5 Å². The summed E-state index contributed by atoms with van der Waals surface area (Å²) in [6.07, 6.45) is 6.83. The maximum Gasteiger partial charge on any atom is 0.184 e. The molecule has 0 aromatic carbocycles. The molecule has 2 aliphatic rings. The van der Waals surface area contributed by atoms with Crippen molar-refractivity contribution in [3.8, 4) is 0 Å². The van der Waals surface area contributed by atoms with Gasteiger partial charge >= 0.3 is 0 Å². The molecule has 0 aliphatic carbocycles. The zero-order chi connectivity index (χ0) is 8.39. The van der Waals surface area contributed by atoms with Gasteiger partial charge < -0.3 is 14.8 Å². The second-order valence-electron chi connectivity index (χ2n) is 2.47. The van der Waals surface area contributed by atoms with Crippen molar-refractivity contribution in [1.29, 1.82) is 0 Å². The number of halogens is 1. The van der Waals surface area contributed by atoms with E-state index >= 15 is 0 Å². The highest BCUT2D eigenvalue weighted by molar-refractivity contribution is 9.09. The molecular weight excluding hydrogens is 222 g/mol. The quantitative estimate of drug-likeness (QED) is 0.694. The highest BCUT2D eigenvalue weighted by atomic mass is 79.9. The fourth-order valence-corrected chi connectivity index (χ4v) is 1.42. The molecule has 0 saturated heterocycles. The van der Waals surface area contributed by atoms with Crippen molar-refractivity contribution in [3.05, 3.63) is 36.3 Å². The third kappa shape index (κ3) is 1.34. The molecule has 0 amide bonds. The highest BCUT2D eigenvalue weighted by Gasteiger charge is 2.18. The fourth-order valence-electron chi connectivity index (χ4n) is 1.05. The third-order valence-corrected chi connectivity index (χ3v) is 2.33. The van der Waals surface area contributed by atoms with Crippen LogP contribution in [0.4, 0.5) is 0 Å². The second-order valence-corrected chi connectivity index (χ2v) is 3.12. The van der Waals surface area contributed by atoms with E-state index in [2.05, 4.69) is 21.2 Å². The number of dihydropyridines is 1. The molecule has 2 rings (SSSR count). The minimum Gasteiger partial charge on any atom is -0.458 e. The molecule has 0 saturated carbocycles. The Balaban J connectivity index is 2.20. The number of fused-ring (bicyclic) bond motifs is 1. The van der Waals surface area contributed by atoms with Gasteiger partial charge in [0.25, 0.3) is 0 Å². The van der Waals surface area contributed by atoms with Crippen molar-refractivity contribution >= 4 is 15.9 Å². The van der Waals surface area contributed by atoms with Crippen molar-refractivity contribution in [2.75, 3.05) is 5.33 Å².